The van der Waals surface area contributed by atoms with Gasteiger partial charge in [0.25, 0.3) is 0 Å². The molecule has 0 amide bonds. The molecule has 24 heavy (non-hydrogen) atoms. The van der Waals surface area contributed by atoms with Crippen LogP contribution in [0.1, 0.15) is 17.7 Å². The maximum atomic E-state index is 13.7. The molecule has 1 N–H and O–H groups in total. The Bertz CT molecular complexity index is 732. The lowest BCUT2D eigenvalue weighted by Crippen LogP contribution is -2.17. The molecule has 0 spiro atoms. The predicted octanol–water partition coefficient (Wildman–Crippen LogP) is 2.76. The molecule has 0 saturated carbocycles. The van der Waals surface area contributed by atoms with Crippen molar-refractivity contribution >= 4 is 22.6 Å². The van der Waals surface area contributed by atoms with Crippen LogP contribution in [-0.2, 0) is 16.0 Å². The third-order valence-corrected chi connectivity index (χ3v) is 3.89. The van der Waals surface area contributed by atoms with Crippen LogP contribution in [0.15, 0.2) is 18.2 Å². The monoisotopic (exact) mass is 333 g/mol. The number of halogens is 1. The quantitative estimate of drug-likeness (QED) is 0.624. The highest BCUT2D eigenvalue weighted by Crippen LogP contribution is 2.30. The lowest BCUT2D eigenvalue weighted by atomic mass is 10.0. The van der Waals surface area contributed by atoms with Crippen molar-refractivity contribution in [1.29, 1.82) is 0 Å². The van der Waals surface area contributed by atoms with Crippen LogP contribution in [0.4, 0.5) is 10.1 Å². The Balaban J connectivity index is 2.41. The molecule has 5 nitrogen and oxygen atoms in total. The number of hydrogen-bond donors (Lipinski definition) is 1. The summed E-state index contributed by atoms with van der Waals surface area (Å²) in [6, 6.07) is 4.51. The van der Waals surface area contributed by atoms with Gasteiger partial charge >= 0.3 is 5.97 Å². The lowest BCUT2D eigenvalue weighted by Gasteiger charge is -2.17. The average molecular weight is 333 g/mol. The van der Waals surface area contributed by atoms with Crippen LogP contribution in [0.3, 0.4) is 0 Å². The maximum absolute atomic E-state index is 13.7. The molecule has 0 saturated heterocycles. The summed E-state index contributed by atoms with van der Waals surface area (Å²) in [6.45, 7) is 3.52. The summed E-state index contributed by atoms with van der Waals surface area (Å²) < 4.78 is 18.5. The first kappa shape index (κ1) is 18.1. The zero-order valence-corrected chi connectivity index (χ0v) is 14.6. The first-order valence-corrected chi connectivity index (χ1v) is 7.96. The Kier molecular flexibility index (Phi) is 6.09. The second kappa shape index (κ2) is 8.06. The van der Waals surface area contributed by atoms with E-state index in [4.69, 9.17) is 4.74 Å². The van der Waals surface area contributed by atoms with Gasteiger partial charge in [0.05, 0.1) is 19.0 Å². The Morgan fingerprint density at radius 3 is 2.79 bits per heavy atom. The lowest BCUT2D eigenvalue weighted by molar-refractivity contribution is -0.139. The van der Waals surface area contributed by atoms with Crippen LogP contribution in [-0.4, -0.2) is 50.1 Å². The van der Waals surface area contributed by atoms with Crippen LogP contribution in [0.2, 0.25) is 0 Å². The van der Waals surface area contributed by atoms with Gasteiger partial charge < -0.3 is 15.0 Å². The Hall–Kier alpha value is -2.21. The fraction of sp³-hybridized carbons (Fsp3) is 0.444. The number of carbonyl (C=O) groups excluding carboxylic acids is 1. The van der Waals surface area contributed by atoms with Gasteiger partial charge in [-0.3, -0.25) is 9.78 Å². The van der Waals surface area contributed by atoms with Gasteiger partial charge in [0.15, 0.2) is 0 Å². The van der Waals surface area contributed by atoms with E-state index in [1.807, 2.05) is 21.0 Å². The number of fused-ring (bicyclic) bond motifs is 1. The summed E-state index contributed by atoms with van der Waals surface area (Å²) >= 11 is 0. The van der Waals surface area contributed by atoms with E-state index in [0.29, 0.717) is 10.9 Å². The highest BCUT2D eigenvalue weighted by molar-refractivity contribution is 5.95. The minimum Gasteiger partial charge on any atom is -0.469 e. The van der Waals surface area contributed by atoms with E-state index < -0.39 is 0 Å². The minimum atomic E-state index is -0.341. The van der Waals surface area contributed by atoms with E-state index in [9.17, 15) is 9.18 Å². The van der Waals surface area contributed by atoms with E-state index in [2.05, 4.69) is 15.2 Å². The molecule has 0 aliphatic rings. The van der Waals surface area contributed by atoms with Crippen molar-refractivity contribution in [1.82, 2.24) is 9.88 Å². The minimum absolute atomic E-state index is 0.109. The molecule has 1 aromatic carbocycles. The van der Waals surface area contributed by atoms with Gasteiger partial charge in [-0.1, -0.05) is 0 Å². The molecule has 6 heteroatoms. The third kappa shape index (κ3) is 4.41. The molecule has 1 heterocycles. The van der Waals surface area contributed by atoms with E-state index >= 15 is 0 Å². The number of anilines is 1. The van der Waals surface area contributed by atoms with Gasteiger partial charge in [-0.25, -0.2) is 4.39 Å². The van der Waals surface area contributed by atoms with Crippen LogP contribution >= 0.6 is 0 Å². The van der Waals surface area contributed by atoms with E-state index in [0.717, 1.165) is 36.5 Å². The number of rotatable bonds is 7. The number of nitrogens with one attached hydrogen (secondary N) is 1. The summed E-state index contributed by atoms with van der Waals surface area (Å²) in [5.74, 6) is -0.666. The van der Waals surface area contributed by atoms with Crippen molar-refractivity contribution in [3.63, 3.8) is 0 Å². The fourth-order valence-electron chi connectivity index (χ4n) is 2.64. The van der Waals surface area contributed by atoms with Gasteiger partial charge in [-0.15, -0.1) is 0 Å². The molecule has 0 bridgehead atoms. The van der Waals surface area contributed by atoms with Gasteiger partial charge in [0.2, 0.25) is 0 Å². The third-order valence-electron chi connectivity index (χ3n) is 3.89. The topological polar surface area (TPSA) is 54.5 Å². The van der Waals surface area contributed by atoms with Crippen molar-refractivity contribution in [2.45, 2.75) is 19.8 Å². The van der Waals surface area contributed by atoms with Crippen molar-refractivity contribution in [3.8, 4) is 0 Å². The molecule has 0 atom stereocenters. The number of pyridine rings is 1. The SMILES string of the molecule is COC(=O)Cc1c(C)nc2ccc(F)cc2c1NCCCN(C)C. The Morgan fingerprint density at radius 2 is 2.12 bits per heavy atom. The number of aryl methyl sites for hydroxylation is 1. The second-order valence-corrected chi connectivity index (χ2v) is 6.05. The summed E-state index contributed by atoms with van der Waals surface area (Å²) in [7, 11) is 5.39. The van der Waals surface area contributed by atoms with Crippen LogP contribution in [0.5, 0.6) is 0 Å². The smallest absolute Gasteiger partial charge is 0.310 e. The molecule has 0 unspecified atom stereocenters. The molecule has 0 radical (unpaired) electrons. The molecule has 2 aromatic rings. The van der Waals surface area contributed by atoms with Crippen LogP contribution in [0, 0.1) is 12.7 Å². The highest BCUT2D eigenvalue weighted by atomic mass is 19.1. The predicted molar refractivity (Wildman–Crippen MR) is 93.8 cm³/mol. The number of hydrogen-bond acceptors (Lipinski definition) is 5. The number of nitrogens with zero attached hydrogens (tertiary/aromatic N) is 2. The standard InChI is InChI=1S/C18H24FN3O2/c1-12-14(11-17(23)24-4)18(20-8-5-9-22(2)3)15-10-13(19)6-7-16(15)21-12/h6-7,10H,5,8-9,11H2,1-4H3,(H,20,21). The molecule has 1 aromatic heterocycles. The largest absolute Gasteiger partial charge is 0.469 e. The van der Waals surface area contributed by atoms with Crippen molar-refractivity contribution < 1.29 is 13.9 Å². The molecule has 0 aliphatic carbocycles. The van der Waals surface area contributed by atoms with Gasteiger partial charge in [-0.05, 0) is 52.2 Å². The molecular weight excluding hydrogens is 309 g/mol. The van der Waals surface area contributed by atoms with E-state index in [1.165, 1.54) is 19.2 Å². The normalized spacial score (nSPS) is 11.1. The zero-order chi connectivity index (χ0) is 17.7. The summed E-state index contributed by atoms with van der Waals surface area (Å²) in [4.78, 5) is 18.4. The Morgan fingerprint density at radius 1 is 1.38 bits per heavy atom. The van der Waals surface area contributed by atoms with Crippen LogP contribution < -0.4 is 5.32 Å². The van der Waals surface area contributed by atoms with Gasteiger partial charge in [-0.2, -0.15) is 0 Å². The molecular formula is C18H24FN3O2. The number of benzene rings is 1. The molecule has 2 rings (SSSR count). The van der Waals surface area contributed by atoms with Gasteiger partial charge in [0.1, 0.15) is 5.82 Å². The number of methoxy groups -OCH3 is 1. The first-order chi connectivity index (χ1) is 11.4. The number of esters is 1. The molecule has 130 valence electrons. The average Bonchev–Trinajstić information content (AvgIpc) is 2.53. The number of aromatic nitrogens is 1. The summed E-state index contributed by atoms with van der Waals surface area (Å²) in [5.41, 5.74) is 2.97. The number of carbonyl (C=O) groups is 1. The first-order valence-electron chi connectivity index (χ1n) is 7.96. The Labute approximate surface area is 141 Å². The van der Waals surface area contributed by atoms with Crippen molar-refractivity contribution in [2.75, 3.05) is 39.6 Å². The zero-order valence-electron chi connectivity index (χ0n) is 14.6. The molecule has 0 aliphatic heterocycles. The maximum Gasteiger partial charge on any atom is 0.310 e. The highest BCUT2D eigenvalue weighted by Gasteiger charge is 2.16. The summed E-state index contributed by atoms with van der Waals surface area (Å²) in [6.07, 6.45) is 1.04. The van der Waals surface area contributed by atoms with Gasteiger partial charge in [0, 0.05) is 28.9 Å². The molecule has 0 fully saturated rings. The van der Waals surface area contributed by atoms with Crippen LogP contribution in [0.25, 0.3) is 10.9 Å². The van der Waals surface area contributed by atoms with Crippen molar-refractivity contribution in [3.05, 3.63) is 35.3 Å². The van der Waals surface area contributed by atoms with E-state index in [-0.39, 0.29) is 18.2 Å². The van der Waals surface area contributed by atoms with E-state index in [1.54, 1.807) is 6.07 Å². The van der Waals surface area contributed by atoms with Crippen molar-refractivity contribution in [2.24, 2.45) is 0 Å². The second-order valence-electron chi connectivity index (χ2n) is 6.05. The summed E-state index contributed by atoms with van der Waals surface area (Å²) in [5, 5.41) is 4.05. The fourth-order valence-corrected chi connectivity index (χ4v) is 2.64. The number of ether oxygens (including phenoxy) is 1.